The van der Waals surface area contributed by atoms with Crippen LogP contribution in [0.1, 0.15) is 168 Å². The first kappa shape index (κ1) is 42.3. The lowest BCUT2D eigenvalue weighted by Gasteiger charge is -2.42. The van der Waals surface area contributed by atoms with Crippen LogP contribution in [-0.2, 0) is 19.1 Å². The number of likely N-dealkylation sites (tertiary alicyclic amines) is 1. The minimum absolute atomic E-state index is 0.00998. The molecule has 0 aromatic rings. The van der Waals surface area contributed by atoms with Gasteiger partial charge in [0.15, 0.2) is 0 Å². The third-order valence-electron chi connectivity index (χ3n) is 13.0. The van der Waals surface area contributed by atoms with Crippen molar-refractivity contribution in [3.63, 3.8) is 0 Å². The zero-order valence-electron chi connectivity index (χ0n) is 32.3. The fourth-order valence-electron chi connectivity index (χ4n) is 10.1. The van der Waals surface area contributed by atoms with Crippen LogP contribution in [0.15, 0.2) is 0 Å². The normalized spacial score (nSPS) is 25.5. The van der Waals surface area contributed by atoms with Crippen molar-refractivity contribution in [1.82, 2.24) is 4.90 Å². The number of hydrogen-bond donors (Lipinski definition) is 1. The maximum absolute atomic E-state index is 13.1. The lowest BCUT2D eigenvalue weighted by molar-refractivity contribution is -0.148. The molecule has 4 saturated carbocycles. The molecular formula is C42H75NO5S2. The van der Waals surface area contributed by atoms with E-state index < -0.39 is 0 Å². The van der Waals surface area contributed by atoms with E-state index in [0.717, 1.165) is 62.9 Å². The Labute approximate surface area is 315 Å². The predicted octanol–water partition coefficient (Wildman–Crippen LogP) is 10.4. The van der Waals surface area contributed by atoms with E-state index in [1.54, 1.807) is 0 Å². The average Bonchev–Trinajstić information content (AvgIpc) is 3.48. The Balaban J connectivity index is 1.17. The zero-order chi connectivity index (χ0) is 35.5. The van der Waals surface area contributed by atoms with E-state index >= 15 is 0 Å². The van der Waals surface area contributed by atoms with E-state index in [1.165, 1.54) is 121 Å². The number of piperidine rings is 1. The molecule has 0 amide bonds. The number of β-amino-alcohol motifs (C(OH)–C–C–N with tert-alkyl or cyclic N) is 1. The monoisotopic (exact) mass is 738 g/mol. The SMILES string of the molecule is CCCCCCCCSC(CCC(=O)OCCC1(CCOC(=O)CC23CC4CC(CC2C4)C3)CCN(CCO)CC1)SCCCCCCCC. The van der Waals surface area contributed by atoms with Gasteiger partial charge in [-0.05, 0) is 130 Å². The topological polar surface area (TPSA) is 76.1 Å². The molecule has 1 saturated heterocycles. The molecule has 5 aliphatic rings. The molecule has 50 heavy (non-hydrogen) atoms. The number of nitrogens with zero attached hydrogens (tertiary/aromatic N) is 1. The van der Waals surface area contributed by atoms with Gasteiger partial charge in [0.25, 0.3) is 0 Å². The summed E-state index contributed by atoms with van der Waals surface area (Å²) in [5.41, 5.74) is 0.253. The van der Waals surface area contributed by atoms with Gasteiger partial charge in [-0.2, -0.15) is 0 Å². The van der Waals surface area contributed by atoms with Crippen LogP contribution >= 0.6 is 23.5 Å². The number of hydrogen-bond acceptors (Lipinski definition) is 8. The van der Waals surface area contributed by atoms with Gasteiger partial charge in [-0.15, -0.1) is 23.5 Å². The molecule has 5 rings (SSSR count). The molecule has 0 radical (unpaired) electrons. The van der Waals surface area contributed by atoms with Crippen LogP contribution < -0.4 is 0 Å². The summed E-state index contributed by atoms with van der Waals surface area (Å²) in [6, 6.07) is 0. The Hall–Kier alpha value is -0.440. The average molecular weight is 738 g/mol. The van der Waals surface area contributed by atoms with Crippen molar-refractivity contribution in [2.45, 2.75) is 173 Å². The predicted molar refractivity (Wildman–Crippen MR) is 212 cm³/mol. The lowest BCUT2D eigenvalue weighted by atomic mass is 9.73. The van der Waals surface area contributed by atoms with Crippen molar-refractivity contribution in [3.05, 3.63) is 0 Å². The molecule has 5 fully saturated rings. The molecule has 0 aromatic heterocycles. The van der Waals surface area contributed by atoms with E-state index in [9.17, 15) is 14.7 Å². The molecule has 4 bridgehead atoms. The number of esters is 2. The highest BCUT2D eigenvalue weighted by atomic mass is 32.2. The fraction of sp³-hybridized carbons (Fsp3) is 0.952. The van der Waals surface area contributed by atoms with E-state index in [0.29, 0.717) is 37.2 Å². The number of thioether (sulfide) groups is 2. The minimum atomic E-state index is -0.0605. The summed E-state index contributed by atoms with van der Waals surface area (Å²) in [5, 5.41) is 9.48. The number of rotatable bonds is 29. The first-order valence-electron chi connectivity index (χ1n) is 21.3. The number of ether oxygens (including phenoxy) is 2. The number of aliphatic hydroxyl groups excluding tert-OH is 1. The van der Waals surface area contributed by atoms with Crippen LogP contribution in [0.5, 0.6) is 0 Å². The molecule has 2 atom stereocenters. The summed E-state index contributed by atoms with van der Waals surface area (Å²) in [6.07, 6.45) is 28.1. The molecule has 8 heteroatoms. The second kappa shape index (κ2) is 23.4. The van der Waals surface area contributed by atoms with Crippen molar-refractivity contribution >= 4 is 35.5 Å². The first-order valence-corrected chi connectivity index (χ1v) is 23.4. The Morgan fingerprint density at radius 2 is 1.30 bits per heavy atom. The molecule has 1 aliphatic heterocycles. The number of carbonyl (C=O) groups excluding carboxylic acids is 2. The smallest absolute Gasteiger partial charge is 0.306 e. The van der Waals surface area contributed by atoms with Gasteiger partial charge >= 0.3 is 11.9 Å². The first-order chi connectivity index (χ1) is 24.4. The Bertz CT molecular complexity index is 924. The molecule has 2 unspecified atom stereocenters. The third-order valence-corrected chi connectivity index (χ3v) is 16.0. The van der Waals surface area contributed by atoms with E-state index in [1.807, 2.05) is 0 Å². The van der Waals surface area contributed by atoms with Crippen LogP contribution in [0, 0.1) is 28.6 Å². The van der Waals surface area contributed by atoms with Crippen molar-refractivity contribution in [1.29, 1.82) is 0 Å². The maximum Gasteiger partial charge on any atom is 0.306 e. The quantitative estimate of drug-likeness (QED) is 0.0462. The van der Waals surface area contributed by atoms with Crippen LogP contribution in [0.4, 0.5) is 0 Å². The summed E-state index contributed by atoms with van der Waals surface area (Å²) in [7, 11) is 0. The van der Waals surface area contributed by atoms with E-state index in [-0.39, 0.29) is 29.4 Å². The Morgan fingerprint density at radius 3 is 1.86 bits per heavy atom. The number of unbranched alkanes of at least 4 members (excludes halogenated alkanes) is 10. The Kier molecular flexibility index (Phi) is 19.8. The molecule has 0 spiro atoms. The lowest BCUT2D eigenvalue weighted by Crippen LogP contribution is -2.42. The summed E-state index contributed by atoms with van der Waals surface area (Å²) < 4.78 is 12.4. The molecule has 0 aromatic carbocycles. The van der Waals surface area contributed by atoms with Gasteiger partial charge in [-0.25, -0.2) is 0 Å². The standard InChI is InChI=1S/C42H75NO5S2/c1-3-5-7-9-11-13-27-49-40(50-28-14-12-10-8-6-4-2)16-15-38(45)47-25-19-41(17-21-43(22-18-41)23-24-44)20-26-48-39(46)34-42-32-35-29-36(33-42)31-37(42)30-35/h35-37,40,44H,3-34H2,1-2H3. The second-order valence-corrected chi connectivity index (χ2v) is 19.8. The van der Waals surface area contributed by atoms with Crippen LogP contribution in [0.3, 0.4) is 0 Å². The number of aliphatic hydroxyl groups is 1. The van der Waals surface area contributed by atoms with Crippen LogP contribution in [-0.4, -0.2) is 77.5 Å². The highest BCUT2D eigenvalue weighted by Gasteiger charge is 2.58. The van der Waals surface area contributed by atoms with Crippen molar-refractivity contribution in [2.75, 3.05) is 51.0 Å². The van der Waals surface area contributed by atoms with Gasteiger partial charge in [0.05, 0.1) is 30.8 Å². The van der Waals surface area contributed by atoms with Gasteiger partial charge < -0.3 is 19.5 Å². The van der Waals surface area contributed by atoms with Crippen LogP contribution in [0.2, 0.25) is 0 Å². The molecule has 6 nitrogen and oxygen atoms in total. The Morgan fingerprint density at radius 1 is 0.760 bits per heavy atom. The summed E-state index contributed by atoms with van der Waals surface area (Å²) in [4.78, 5) is 28.5. The molecule has 290 valence electrons. The molecule has 4 aliphatic carbocycles. The minimum Gasteiger partial charge on any atom is -0.466 e. The van der Waals surface area contributed by atoms with E-state index in [2.05, 4.69) is 42.3 Å². The van der Waals surface area contributed by atoms with Crippen molar-refractivity contribution in [2.24, 2.45) is 28.6 Å². The van der Waals surface area contributed by atoms with Gasteiger partial charge in [0, 0.05) is 13.0 Å². The highest BCUT2D eigenvalue weighted by molar-refractivity contribution is 8.17. The zero-order valence-corrected chi connectivity index (χ0v) is 33.9. The second-order valence-electron chi connectivity index (χ2n) is 16.8. The summed E-state index contributed by atoms with van der Waals surface area (Å²) in [5.74, 6) is 4.80. The third kappa shape index (κ3) is 14.4. The largest absolute Gasteiger partial charge is 0.466 e. The van der Waals surface area contributed by atoms with Crippen molar-refractivity contribution in [3.8, 4) is 0 Å². The number of carbonyl (C=O) groups is 2. The molecular weight excluding hydrogens is 663 g/mol. The van der Waals surface area contributed by atoms with Gasteiger partial charge in [-0.1, -0.05) is 78.1 Å². The molecule has 1 heterocycles. The maximum atomic E-state index is 13.1. The van der Waals surface area contributed by atoms with Gasteiger partial charge in [0.1, 0.15) is 0 Å². The highest BCUT2D eigenvalue weighted by Crippen LogP contribution is 2.66. The van der Waals surface area contributed by atoms with E-state index in [4.69, 9.17) is 9.47 Å². The summed E-state index contributed by atoms with van der Waals surface area (Å²) >= 11 is 4.14. The van der Waals surface area contributed by atoms with Gasteiger partial charge in [-0.3, -0.25) is 9.59 Å². The van der Waals surface area contributed by atoms with Crippen LogP contribution in [0.25, 0.3) is 0 Å². The fourth-order valence-corrected chi connectivity index (χ4v) is 12.9. The molecule has 1 N–H and O–H groups in total. The summed E-state index contributed by atoms with van der Waals surface area (Å²) in [6.45, 7) is 8.22. The van der Waals surface area contributed by atoms with Gasteiger partial charge in [0.2, 0.25) is 0 Å². The van der Waals surface area contributed by atoms with Crippen molar-refractivity contribution < 1.29 is 24.2 Å².